The van der Waals surface area contributed by atoms with Crippen LogP contribution in [-0.2, 0) is 28.6 Å². The van der Waals surface area contributed by atoms with Crippen molar-refractivity contribution in [3.63, 3.8) is 0 Å². The molecule has 0 amide bonds. The van der Waals surface area contributed by atoms with Gasteiger partial charge in [-0.25, -0.2) is 0 Å². The van der Waals surface area contributed by atoms with Crippen LogP contribution in [0.3, 0.4) is 0 Å². The monoisotopic (exact) mass is 1150 g/mol. The minimum atomic E-state index is -0.777. The molecule has 0 aliphatic rings. The normalized spacial score (nSPS) is 12.3. The van der Waals surface area contributed by atoms with Crippen LogP contribution in [0.4, 0.5) is 0 Å². The Morgan fingerprint density at radius 2 is 0.439 bits per heavy atom. The number of ether oxygens (including phenoxy) is 3. The predicted molar refractivity (Wildman–Crippen MR) is 358 cm³/mol. The predicted octanol–water partition coefficient (Wildman–Crippen LogP) is 25.3. The van der Waals surface area contributed by atoms with Crippen LogP contribution in [0.15, 0.2) is 48.6 Å². The van der Waals surface area contributed by atoms with Crippen molar-refractivity contribution in [3.05, 3.63) is 48.6 Å². The van der Waals surface area contributed by atoms with Crippen LogP contribution in [0.2, 0.25) is 0 Å². The van der Waals surface area contributed by atoms with Crippen LogP contribution < -0.4 is 0 Å². The molecule has 0 N–H and O–H groups in total. The van der Waals surface area contributed by atoms with Crippen molar-refractivity contribution in [1.82, 2.24) is 0 Å². The van der Waals surface area contributed by atoms with Gasteiger partial charge in [0, 0.05) is 19.3 Å². The van der Waals surface area contributed by atoms with Crippen LogP contribution in [0, 0.1) is 0 Å². The second kappa shape index (κ2) is 70.9. The Bertz CT molecular complexity index is 1410. The number of hydrogen-bond acceptors (Lipinski definition) is 6. The van der Waals surface area contributed by atoms with Crippen molar-refractivity contribution >= 4 is 17.9 Å². The van der Waals surface area contributed by atoms with E-state index in [1.54, 1.807) is 0 Å². The second-order valence-electron chi connectivity index (χ2n) is 24.9. The maximum Gasteiger partial charge on any atom is 0.306 e. The Labute approximate surface area is 511 Å². The summed E-state index contributed by atoms with van der Waals surface area (Å²) < 4.78 is 16.9. The summed E-state index contributed by atoms with van der Waals surface area (Å²) in [5.41, 5.74) is 0. The average Bonchev–Trinajstić information content (AvgIpc) is 3.48. The van der Waals surface area contributed by atoms with E-state index in [2.05, 4.69) is 69.4 Å². The van der Waals surface area contributed by atoms with Gasteiger partial charge in [0.05, 0.1) is 0 Å². The molecule has 6 heteroatoms. The van der Waals surface area contributed by atoms with E-state index in [0.29, 0.717) is 19.3 Å². The summed E-state index contributed by atoms with van der Waals surface area (Å²) in [6.07, 6.45) is 90.4. The molecule has 82 heavy (non-hydrogen) atoms. The summed E-state index contributed by atoms with van der Waals surface area (Å²) >= 11 is 0. The summed E-state index contributed by atoms with van der Waals surface area (Å²) in [5.74, 6) is -0.868. The van der Waals surface area contributed by atoms with E-state index in [4.69, 9.17) is 14.2 Å². The number of rotatable bonds is 68. The zero-order valence-electron chi connectivity index (χ0n) is 55.3. The standard InChI is InChI=1S/C76H140O6/c1-4-7-10-13-16-19-21-23-25-27-29-31-32-33-34-35-36-37-38-39-40-41-42-43-44-46-47-49-51-53-55-57-60-63-66-69-75(78)81-72-73(71-80-74(77)68-65-62-59-18-15-12-9-6-3)82-76(79)70-67-64-61-58-56-54-52-50-48-45-30-28-26-24-22-20-17-14-11-8-5-2/h22,24,27-30,48,50,73H,4-21,23,25-26,31-47,49,51-72H2,1-3H3/b24-22-,29-27-,30-28-,50-48-. The molecule has 1 atom stereocenters. The minimum absolute atomic E-state index is 0.0739. The van der Waals surface area contributed by atoms with Gasteiger partial charge < -0.3 is 14.2 Å². The number of hydrogen-bond donors (Lipinski definition) is 0. The topological polar surface area (TPSA) is 78.9 Å². The molecule has 0 heterocycles. The number of unbranched alkanes of at least 4 members (excludes halogenated alkanes) is 49. The number of carbonyl (C=O) groups is 3. The number of carbonyl (C=O) groups excluding carboxylic acids is 3. The fraction of sp³-hybridized carbons (Fsp3) is 0.855. The van der Waals surface area contributed by atoms with Gasteiger partial charge in [0.1, 0.15) is 13.2 Å². The largest absolute Gasteiger partial charge is 0.462 e. The summed E-state index contributed by atoms with van der Waals surface area (Å²) in [7, 11) is 0. The van der Waals surface area contributed by atoms with Gasteiger partial charge in [-0.05, 0) is 83.5 Å². The van der Waals surface area contributed by atoms with Gasteiger partial charge in [-0.2, -0.15) is 0 Å². The van der Waals surface area contributed by atoms with Crippen molar-refractivity contribution in [2.75, 3.05) is 13.2 Å². The highest BCUT2D eigenvalue weighted by molar-refractivity contribution is 5.71. The summed E-state index contributed by atoms with van der Waals surface area (Å²) in [6, 6.07) is 0. The van der Waals surface area contributed by atoms with E-state index in [0.717, 1.165) is 77.0 Å². The molecule has 0 saturated heterocycles. The van der Waals surface area contributed by atoms with Crippen LogP contribution in [0.5, 0.6) is 0 Å². The number of esters is 3. The zero-order chi connectivity index (χ0) is 59.2. The summed E-state index contributed by atoms with van der Waals surface area (Å²) in [5, 5.41) is 0. The molecule has 0 aromatic heterocycles. The van der Waals surface area contributed by atoms with Crippen molar-refractivity contribution in [3.8, 4) is 0 Å². The van der Waals surface area contributed by atoms with E-state index in [1.165, 1.54) is 283 Å². The molecule has 6 nitrogen and oxygen atoms in total. The molecule has 0 fully saturated rings. The smallest absolute Gasteiger partial charge is 0.306 e. The lowest BCUT2D eigenvalue weighted by molar-refractivity contribution is -0.167. The maximum absolute atomic E-state index is 12.9. The molecule has 0 aromatic rings. The van der Waals surface area contributed by atoms with E-state index in [9.17, 15) is 14.4 Å². The third-order valence-electron chi connectivity index (χ3n) is 16.6. The molecule has 1 unspecified atom stereocenters. The van der Waals surface area contributed by atoms with Crippen molar-refractivity contribution in [2.24, 2.45) is 0 Å². The maximum atomic E-state index is 12.9. The fourth-order valence-electron chi connectivity index (χ4n) is 11.0. The SMILES string of the molecule is CCCCCCC/C=C\C/C=C\C/C=C\CCCCCCCCC(=O)OC(COC(=O)CCCCCCCCCC)COC(=O)CCCCCCCCCCCCCCCCCCCCCCCCC/C=C\CCCCCCCCCC. The Morgan fingerprint density at radius 1 is 0.244 bits per heavy atom. The van der Waals surface area contributed by atoms with Crippen molar-refractivity contribution in [2.45, 2.75) is 406 Å². The molecule has 0 aromatic carbocycles. The van der Waals surface area contributed by atoms with Gasteiger partial charge in [-0.1, -0.05) is 345 Å². The van der Waals surface area contributed by atoms with Crippen LogP contribution in [0.1, 0.15) is 400 Å². The molecular formula is C76H140O6. The molecule has 0 aliphatic heterocycles. The molecule has 480 valence electrons. The van der Waals surface area contributed by atoms with Gasteiger partial charge in [0.2, 0.25) is 0 Å². The van der Waals surface area contributed by atoms with Crippen molar-refractivity contribution in [1.29, 1.82) is 0 Å². The molecule has 0 aliphatic carbocycles. The second-order valence-corrected chi connectivity index (χ2v) is 24.9. The van der Waals surface area contributed by atoms with Gasteiger partial charge in [0.25, 0.3) is 0 Å². The van der Waals surface area contributed by atoms with Gasteiger partial charge in [-0.3, -0.25) is 14.4 Å². The molecule has 0 bridgehead atoms. The van der Waals surface area contributed by atoms with Crippen molar-refractivity contribution < 1.29 is 28.6 Å². The molecule has 0 rings (SSSR count). The first kappa shape index (κ1) is 79.4. The highest BCUT2D eigenvalue weighted by Gasteiger charge is 2.19. The van der Waals surface area contributed by atoms with Crippen LogP contribution in [0.25, 0.3) is 0 Å². The summed E-state index contributed by atoms with van der Waals surface area (Å²) in [4.78, 5) is 38.2. The molecule has 0 spiro atoms. The quantitative estimate of drug-likeness (QED) is 0.0261. The first-order chi connectivity index (χ1) is 40.5. The first-order valence-electron chi connectivity index (χ1n) is 36.6. The Balaban J connectivity index is 4.00. The lowest BCUT2D eigenvalue weighted by atomic mass is 10.0. The van der Waals surface area contributed by atoms with E-state index in [1.807, 2.05) is 0 Å². The van der Waals surface area contributed by atoms with E-state index >= 15 is 0 Å². The van der Waals surface area contributed by atoms with Crippen LogP contribution >= 0.6 is 0 Å². The van der Waals surface area contributed by atoms with Gasteiger partial charge in [-0.15, -0.1) is 0 Å². The van der Waals surface area contributed by atoms with E-state index < -0.39 is 6.10 Å². The third kappa shape index (κ3) is 68.2. The highest BCUT2D eigenvalue weighted by Crippen LogP contribution is 2.18. The Morgan fingerprint density at radius 3 is 0.695 bits per heavy atom. The summed E-state index contributed by atoms with van der Waals surface area (Å²) in [6.45, 7) is 6.65. The Kier molecular flexibility index (Phi) is 68.6. The minimum Gasteiger partial charge on any atom is -0.462 e. The third-order valence-corrected chi connectivity index (χ3v) is 16.6. The highest BCUT2D eigenvalue weighted by atomic mass is 16.6. The molecular weight excluding hydrogens is 1010 g/mol. The first-order valence-corrected chi connectivity index (χ1v) is 36.6. The fourth-order valence-corrected chi connectivity index (χ4v) is 11.0. The molecule has 0 saturated carbocycles. The van der Waals surface area contributed by atoms with E-state index in [-0.39, 0.29) is 31.1 Å². The Hall–Kier alpha value is -2.63. The van der Waals surface area contributed by atoms with Crippen LogP contribution in [-0.4, -0.2) is 37.2 Å². The number of allylic oxidation sites excluding steroid dienone is 8. The average molecular weight is 1150 g/mol. The van der Waals surface area contributed by atoms with Gasteiger partial charge >= 0.3 is 17.9 Å². The lowest BCUT2D eigenvalue weighted by Gasteiger charge is -2.18. The molecule has 0 radical (unpaired) electrons. The zero-order valence-corrected chi connectivity index (χ0v) is 55.3. The van der Waals surface area contributed by atoms with Gasteiger partial charge in [0.15, 0.2) is 6.10 Å². The lowest BCUT2D eigenvalue weighted by Crippen LogP contribution is -2.30.